The molecular formula is C10H16O4S2. The van der Waals surface area contributed by atoms with Crippen molar-refractivity contribution in [1.82, 2.24) is 0 Å². The van der Waals surface area contributed by atoms with Crippen molar-refractivity contribution in [3.8, 4) is 0 Å². The van der Waals surface area contributed by atoms with Gasteiger partial charge in [0.25, 0.3) is 0 Å². The van der Waals surface area contributed by atoms with Gasteiger partial charge in [0.15, 0.2) is 5.44 Å². The van der Waals surface area contributed by atoms with E-state index < -0.39 is 5.44 Å². The third-order valence-electron chi connectivity index (χ3n) is 1.52. The minimum atomic E-state index is -0.444. The first-order valence-corrected chi connectivity index (χ1v) is 6.24. The van der Waals surface area contributed by atoms with Crippen LogP contribution < -0.4 is 0 Å². The highest BCUT2D eigenvalue weighted by Gasteiger charge is 2.16. The Bertz CT molecular complexity index is 266. The summed E-state index contributed by atoms with van der Waals surface area (Å²) in [5.74, 6) is -0.333. The zero-order valence-electron chi connectivity index (χ0n) is 9.65. The number of ether oxygens (including phenoxy) is 2. The van der Waals surface area contributed by atoms with Gasteiger partial charge in [-0.3, -0.25) is 4.79 Å². The predicted octanol–water partition coefficient (Wildman–Crippen LogP) is 2.30. The van der Waals surface area contributed by atoms with Gasteiger partial charge in [-0.1, -0.05) is 0 Å². The van der Waals surface area contributed by atoms with Crippen molar-refractivity contribution in [3.63, 3.8) is 0 Å². The number of esters is 1. The number of thiocarbonyl (C=S) groups is 1. The van der Waals surface area contributed by atoms with Crippen molar-refractivity contribution in [3.05, 3.63) is 0 Å². The maximum absolute atomic E-state index is 10.8. The Morgan fingerprint density at radius 1 is 1.38 bits per heavy atom. The monoisotopic (exact) mass is 264 g/mol. The Hall–Kier alpha value is -0.620. The van der Waals surface area contributed by atoms with Crippen molar-refractivity contribution >= 4 is 40.1 Å². The number of carbonyl (C=O) groups excluding carboxylic acids is 2. The van der Waals surface area contributed by atoms with Gasteiger partial charge in [-0.15, -0.1) is 0 Å². The maximum Gasteiger partial charge on any atom is 0.303 e. The lowest BCUT2D eigenvalue weighted by Gasteiger charge is -2.15. The second-order valence-electron chi connectivity index (χ2n) is 3.08. The van der Waals surface area contributed by atoms with Gasteiger partial charge in [0.05, 0.1) is 6.61 Å². The summed E-state index contributed by atoms with van der Waals surface area (Å²) in [6, 6.07) is 0. The summed E-state index contributed by atoms with van der Waals surface area (Å²) < 4.78 is 10.4. The number of thioether (sulfide) groups is 1. The van der Waals surface area contributed by atoms with E-state index in [1.54, 1.807) is 0 Å². The quantitative estimate of drug-likeness (QED) is 0.417. The van der Waals surface area contributed by atoms with Crippen LogP contribution >= 0.6 is 24.0 Å². The van der Waals surface area contributed by atoms with Gasteiger partial charge in [0.1, 0.15) is 5.78 Å². The fourth-order valence-electron chi connectivity index (χ4n) is 0.907. The fraction of sp³-hybridized carbons (Fsp3) is 0.700. The second kappa shape index (κ2) is 8.52. The Labute approximate surface area is 105 Å². The molecule has 0 aromatic rings. The lowest BCUT2D eigenvalue weighted by Crippen LogP contribution is -2.16. The molecule has 0 N–H and O–H groups in total. The van der Waals surface area contributed by atoms with E-state index in [2.05, 4.69) is 0 Å². The van der Waals surface area contributed by atoms with E-state index in [9.17, 15) is 9.59 Å². The van der Waals surface area contributed by atoms with Gasteiger partial charge in [-0.05, 0) is 37.8 Å². The van der Waals surface area contributed by atoms with Gasteiger partial charge < -0.3 is 14.3 Å². The molecule has 0 amide bonds. The minimum Gasteiger partial charge on any atom is -0.479 e. The van der Waals surface area contributed by atoms with Crippen LogP contribution in [0.15, 0.2) is 0 Å². The van der Waals surface area contributed by atoms with Crippen LogP contribution in [0.4, 0.5) is 0 Å². The molecule has 0 spiro atoms. The highest BCUT2D eigenvalue weighted by molar-refractivity contribution is 8.22. The van der Waals surface area contributed by atoms with E-state index >= 15 is 0 Å². The summed E-state index contributed by atoms with van der Waals surface area (Å²) in [6.45, 7) is 5.12. The molecule has 0 aliphatic carbocycles. The molecule has 0 aromatic heterocycles. The molecule has 1 unspecified atom stereocenters. The van der Waals surface area contributed by atoms with E-state index in [-0.39, 0.29) is 11.8 Å². The molecule has 4 nitrogen and oxygen atoms in total. The molecule has 0 rings (SSSR count). The average molecular weight is 264 g/mol. The zero-order chi connectivity index (χ0) is 12.6. The highest BCUT2D eigenvalue weighted by atomic mass is 32.2. The van der Waals surface area contributed by atoms with Crippen LogP contribution in [0.1, 0.15) is 33.6 Å². The third kappa shape index (κ3) is 8.67. The summed E-state index contributed by atoms with van der Waals surface area (Å²) in [7, 11) is 0. The summed E-state index contributed by atoms with van der Waals surface area (Å²) in [4.78, 5) is 21.7. The molecule has 6 heteroatoms. The van der Waals surface area contributed by atoms with Crippen molar-refractivity contribution in [2.75, 3.05) is 6.61 Å². The summed E-state index contributed by atoms with van der Waals surface area (Å²) in [5.41, 5.74) is -0.444. The third-order valence-corrected chi connectivity index (χ3v) is 2.83. The Kier molecular flexibility index (Phi) is 8.19. The Morgan fingerprint density at radius 3 is 2.44 bits per heavy atom. The van der Waals surface area contributed by atoms with E-state index in [0.717, 1.165) is 11.8 Å². The molecule has 0 saturated heterocycles. The number of ketones is 1. The number of hydrogen-bond donors (Lipinski definition) is 0. The van der Waals surface area contributed by atoms with Crippen LogP contribution in [0.5, 0.6) is 0 Å². The molecule has 92 valence electrons. The fourth-order valence-corrected chi connectivity index (χ4v) is 2.17. The normalized spacial score (nSPS) is 11.7. The van der Waals surface area contributed by atoms with Crippen molar-refractivity contribution < 1.29 is 19.1 Å². The average Bonchev–Trinajstić information content (AvgIpc) is 2.13. The topological polar surface area (TPSA) is 52.6 Å². The minimum absolute atomic E-state index is 0.0556. The van der Waals surface area contributed by atoms with Gasteiger partial charge in [0, 0.05) is 19.8 Å². The largest absolute Gasteiger partial charge is 0.479 e. The first-order valence-electron chi connectivity index (χ1n) is 4.95. The molecule has 1 atom stereocenters. The van der Waals surface area contributed by atoms with Crippen molar-refractivity contribution in [1.29, 1.82) is 0 Å². The summed E-state index contributed by atoms with van der Waals surface area (Å²) in [6.07, 6.45) is 0.812. The van der Waals surface area contributed by atoms with Crippen LogP contribution in [0, 0.1) is 0 Å². The van der Waals surface area contributed by atoms with E-state index in [1.165, 1.54) is 13.8 Å². The van der Waals surface area contributed by atoms with E-state index in [4.69, 9.17) is 21.7 Å². The number of Topliss-reactive ketones (excluding diaryl/α,β-unsaturated/α-hetero) is 1. The molecule has 16 heavy (non-hydrogen) atoms. The standard InChI is InChI=1S/C10H16O4S2/c1-4-13-10(15)16-9(14-8(3)12)6-5-7(2)11/h9H,4-6H2,1-3H3. The molecule has 0 saturated carbocycles. The summed E-state index contributed by atoms with van der Waals surface area (Å²) >= 11 is 6.08. The lowest BCUT2D eigenvalue weighted by molar-refractivity contribution is -0.143. The SMILES string of the molecule is CCOC(=S)SC(CCC(C)=O)OC(C)=O. The molecule has 0 aliphatic heterocycles. The molecule has 0 heterocycles. The van der Waals surface area contributed by atoms with Crippen molar-refractivity contribution in [2.24, 2.45) is 0 Å². The maximum atomic E-state index is 10.8. The molecule has 0 fully saturated rings. The zero-order valence-corrected chi connectivity index (χ0v) is 11.3. The Morgan fingerprint density at radius 2 is 2.00 bits per heavy atom. The van der Waals surface area contributed by atoms with Gasteiger partial charge in [0.2, 0.25) is 4.38 Å². The van der Waals surface area contributed by atoms with Crippen LogP contribution in [-0.4, -0.2) is 28.2 Å². The van der Waals surface area contributed by atoms with Crippen molar-refractivity contribution in [2.45, 2.75) is 39.0 Å². The number of carbonyl (C=O) groups is 2. The predicted molar refractivity (Wildman–Crippen MR) is 67.3 cm³/mol. The Balaban J connectivity index is 4.13. The molecule has 0 aromatic carbocycles. The van der Waals surface area contributed by atoms with Crippen LogP contribution in [0.25, 0.3) is 0 Å². The first-order chi connectivity index (χ1) is 7.45. The van der Waals surface area contributed by atoms with Gasteiger partial charge in [-0.2, -0.15) is 0 Å². The van der Waals surface area contributed by atoms with Gasteiger partial charge >= 0.3 is 5.97 Å². The summed E-state index contributed by atoms with van der Waals surface area (Å²) in [5, 5.41) is 0. The van der Waals surface area contributed by atoms with E-state index in [1.807, 2.05) is 6.92 Å². The lowest BCUT2D eigenvalue weighted by atomic mass is 10.2. The molecule has 0 bridgehead atoms. The number of hydrogen-bond acceptors (Lipinski definition) is 6. The van der Waals surface area contributed by atoms with E-state index in [0.29, 0.717) is 23.8 Å². The highest BCUT2D eigenvalue weighted by Crippen LogP contribution is 2.20. The van der Waals surface area contributed by atoms with Gasteiger partial charge in [-0.25, -0.2) is 0 Å². The number of rotatable bonds is 6. The van der Waals surface area contributed by atoms with Crippen LogP contribution in [0.2, 0.25) is 0 Å². The van der Waals surface area contributed by atoms with Crippen LogP contribution in [-0.2, 0) is 19.1 Å². The molecule has 0 aliphatic rings. The molecule has 0 radical (unpaired) electrons. The molecular weight excluding hydrogens is 248 g/mol. The second-order valence-corrected chi connectivity index (χ2v) is 4.84. The smallest absolute Gasteiger partial charge is 0.303 e. The van der Waals surface area contributed by atoms with Crippen LogP contribution in [0.3, 0.4) is 0 Å². The first kappa shape index (κ1) is 15.4.